The minimum absolute atomic E-state index is 0.0597. The van der Waals surface area contributed by atoms with Crippen LogP contribution in [-0.2, 0) is 0 Å². The van der Waals surface area contributed by atoms with Crippen LogP contribution in [0.3, 0.4) is 0 Å². The number of benzene rings is 2. The van der Waals surface area contributed by atoms with Crippen LogP contribution in [0.5, 0.6) is 5.75 Å². The van der Waals surface area contributed by atoms with Crippen molar-refractivity contribution in [3.8, 4) is 5.75 Å². The summed E-state index contributed by atoms with van der Waals surface area (Å²) in [6.45, 7) is 2.48. The zero-order valence-electron chi connectivity index (χ0n) is 18.0. The molecule has 0 saturated carbocycles. The number of hydrogen-bond acceptors (Lipinski definition) is 5. The molecule has 7 heteroatoms. The van der Waals surface area contributed by atoms with Gasteiger partial charge in [0.15, 0.2) is 0 Å². The number of rotatable bonds is 8. The van der Waals surface area contributed by atoms with Gasteiger partial charge >= 0.3 is 0 Å². The summed E-state index contributed by atoms with van der Waals surface area (Å²) in [6.07, 6.45) is 2.32. The molecule has 166 valence electrons. The summed E-state index contributed by atoms with van der Waals surface area (Å²) in [7, 11) is 1.66. The van der Waals surface area contributed by atoms with Crippen molar-refractivity contribution in [2.45, 2.75) is 18.9 Å². The summed E-state index contributed by atoms with van der Waals surface area (Å²) in [6, 6.07) is 18.8. The topological polar surface area (TPSA) is 70.7 Å². The van der Waals surface area contributed by atoms with Gasteiger partial charge in [-0.15, -0.1) is 11.3 Å². The molecule has 1 fully saturated rings. The molecule has 1 aromatic heterocycles. The molecule has 32 heavy (non-hydrogen) atoms. The van der Waals surface area contributed by atoms with Gasteiger partial charge in [-0.05, 0) is 67.2 Å². The monoisotopic (exact) mass is 449 g/mol. The molecule has 0 aliphatic carbocycles. The van der Waals surface area contributed by atoms with Gasteiger partial charge in [-0.1, -0.05) is 30.3 Å². The van der Waals surface area contributed by atoms with Crippen LogP contribution in [0.2, 0.25) is 0 Å². The van der Waals surface area contributed by atoms with Gasteiger partial charge in [0.2, 0.25) is 0 Å². The fourth-order valence-electron chi connectivity index (χ4n) is 4.03. The molecule has 1 saturated heterocycles. The molecule has 2 heterocycles. The summed E-state index contributed by atoms with van der Waals surface area (Å²) in [5, 5.41) is 7.81. The molecular formula is C25H27N3O3S. The fourth-order valence-corrected chi connectivity index (χ4v) is 4.65. The summed E-state index contributed by atoms with van der Waals surface area (Å²) in [4.78, 5) is 28.6. The van der Waals surface area contributed by atoms with Crippen LogP contribution in [0.15, 0.2) is 66.0 Å². The molecule has 0 radical (unpaired) electrons. The third-order valence-electron chi connectivity index (χ3n) is 5.68. The number of amides is 2. The van der Waals surface area contributed by atoms with Gasteiger partial charge in [0.1, 0.15) is 5.75 Å². The number of anilines is 1. The minimum atomic E-state index is -0.216. The number of ether oxygens (including phenoxy) is 1. The molecule has 6 nitrogen and oxygen atoms in total. The largest absolute Gasteiger partial charge is 0.497 e. The molecule has 2 N–H and O–H groups in total. The maximum absolute atomic E-state index is 13.1. The SMILES string of the molecule is COc1cccc(C(CNC(=O)c2ccccc2NC(=O)c2cccs2)N2CCCC2)c1. The third-order valence-corrected chi connectivity index (χ3v) is 6.55. The highest BCUT2D eigenvalue weighted by atomic mass is 32.1. The molecule has 1 atom stereocenters. The second-order valence-corrected chi connectivity index (χ2v) is 8.67. The van der Waals surface area contributed by atoms with E-state index >= 15 is 0 Å². The van der Waals surface area contributed by atoms with Crippen LogP contribution in [0, 0.1) is 0 Å². The van der Waals surface area contributed by atoms with E-state index in [4.69, 9.17) is 4.74 Å². The van der Waals surface area contributed by atoms with Crippen molar-refractivity contribution in [2.24, 2.45) is 0 Å². The number of hydrogen-bond donors (Lipinski definition) is 2. The standard InChI is InChI=1S/C25H27N3O3S/c1-31-19-9-6-8-18(16-19)22(28-13-4-5-14-28)17-26-24(29)20-10-2-3-11-21(20)27-25(30)23-12-7-15-32-23/h2-3,6-12,15-16,22H,4-5,13-14,17H2,1H3,(H,26,29)(H,27,30). The first-order chi connectivity index (χ1) is 15.7. The van der Waals surface area contributed by atoms with Crippen LogP contribution in [0.4, 0.5) is 5.69 Å². The number of carbonyl (C=O) groups excluding carboxylic acids is 2. The zero-order valence-corrected chi connectivity index (χ0v) is 18.9. The highest BCUT2D eigenvalue weighted by molar-refractivity contribution is 7.12. The second kappa shape index (κ2) is 10.4. The van der Waals surface area contributed by atoms with Crippen molar-refractivity contribution in [1.82, 2.24) is 10.2 Å². The van der Waals surface area contributed by atoms with Crippen LogP contribution >= 0.6 is 11.3 Å². The Balaban J connectivity index is 1.49. The number of thiophene rings is 1. The van der Waals surface area contributed by atoms with Crippen molar-refractivity contribution >= 4 is 28.8 Å². The van der Waals surface area contributed by atoms with Gasteiger partial charge in [-0.3, -0.25) is 14.5 Å². The van der Waals surface area contributed by atoms with Gasteiger partial charge in [0.05, 0.1) is 29.3 Å². The summed E-state index contributed by atoms with van der Waals surface area (Å²) >= 11 is 1.37. The van der Waals surface area contributed by atoms with Gasteiger partial charge in [-0.25, -0.2) is 0 Å². The Hall–Kier alpha value is -3.16. The smallest absolute Gasteiger partial charge is 0.265 e. The van der Waals surface area contributed by atoms with Crippen molar-refractivity contribution in [3.05, 3.63) is 82.0 Å². The quantitative estimate of drug-likeness (QED) is 0.528. The van der Waals surface area contributed by atoms with Crippen molar-refractivity contribution < 1.29 is 14.3 Å². The molecule has 1 unspecified atom stereocenters. The highest BCUT2D eigenvalue weighted by Crippen LogP contribution is 2.27. The lowest BCUT2D eigenvalue weighted by Crippen LogP contribution is -2.37. The lowest BCUT2D eigenvalue weighted by Gasteiger charge is -2.28. The average Bonchev–Trinajstić information content (AvgIpc) is 3.54. The Morgan fingerprint density at radius 3 is 2.59 bits per heavy atom. The zero-order chi connectivity index (χ0) is 22.3. The van der Waals surface area contributed by atoms with Crippen molar-refractivity contribution in [3.63, 3.8) is 0 Å². The van der Waals surface area contributed by atoms with E-state index in [9.17, 15) is 9.59 Å². The number of methoxy groups -OCH3 is 1. The lowest BCUT2D eigenvalue weighted by molar-refractivity contribution is 0.0939. The molecule has 4 rings (SSSR count). The Bertz CT molecular complexity index is 1060. The lowest BCUT2D eigenvalue weighted by atomic mass is 10.0. The van der Waals surface area contributed by atoms with Crippen molar-refractivity contribution in [2.75, 3.05) is 32.1 Å². The van der Waals surface area contributed by atoms with E-state index in [0.717, 1.165) is 37.2 Å². The Morgan fingerprint density at radius 2 is 1.84 bits per heavy atom. The van der Waals surface area contributed by atoms with E-state index in [0.29, 0.717) is 22.7 Å². The van der Waals surface area contributed by atoms with E-state index in [1.807, 2.05) is 35.7 Å². The molecule has 1 aliphatic heterocycles. The van der Waals surface area contributed by atoms with Crippen LogP contribution in [0.1, 0.15) is 44.5 Å². The van der Waals surface area contributed by atoms with Gasteiger partial charge < -0.3 is 15.4 Å². The van der Waals surface area contributed by atoms with E-state index in [1.54, 1.807) is 31.4 Å². The second-order valence-electron chi connectivity index (χ2n) is 7.72. The molecule has 0 spiro atoms. The predicted octanol–water partition coefficient (Wildman–Crippen LogP) is 4.58. The highest BCUT2D eigenvalue weighted by Gasteiger charge is 2.25. The minimum Gasteiger partial charge on any atom is -0.497 e. The van der Waals surface area contributed by atoms with Gasteiger partial charge in [-0.2, -0.15) is 0 Å². The third kappa shape index (κ3) is 5.18. The molecule has 3 aromatic rings. The molecular weight excluding hydrogens is 422 g/mol. The van der Waals surface area contributed by atoms with Crippen molar-refractivity contribution in [1.29, 1.82) is 0 Å². The first-order valence-electron chi connectivity index (χ1n) is 10.8. The molecule has 2 aromatic carbocycles. The summed E-state index contributed by atoms with van der Waals surface area (Å²) < 4.78 is 5.40. The number of nitrogens with zero attached hydrogens (tertiary/aromatic N) is 1. The van der Waals surface area contributed by atoms with Gasteiger partial charge in [0, 0.05) is 6.54 Å². The first-order valence-corrected chi connectivity index (χ1v) is 11.6. The first kappa shape index (κ1) is 22.0. The average molecular weight is 450 g/mol. The Kier molecular flexibility index (Phi) is 7.19. The molecule has 0 bridgehead atoms. The summed E-state index contributed by atoms with van der Waals surface area (Å²) in [5.74, 6) is 0.380. The fraction of sp³-hybridized carbons (Fsp3) is 0.280. The van der Waals surface area contributed by atoms with E-state index < -0.39 is 0 Å². The van der Waals surface area contributed by atoms with Crippen LogP contribution < -0.4 is 15.4 Å². The Morgan fingerprint density at radius 1 is 1.03 bits per heavy atom. The molecule has 2 amide bonds. The Labute approximate surface area is 192 Å². The number of carbonyl (C=O) groups is 2. The maximum Gasteiger partial charge on any atom is 0.265 e. The number of para-hydroxylation sites is 1. The normalized spacial score (nSPS) is 14.7. The van der Waals surface area contributed by atoms with E-state index in [1.165, 1.54) is 11.3 Å². The van der Waals surface area contributed by atoms with Crippen LogP contribution in [0.25, 0.3) is 0 Å². The maximum atomic E-state index is 13.1. The van der Waals surface area contributed by atoms with Crippen LogP contribution in [-0.4, -0.2) is 43.5 Å². The number of nitrogens with one attached hydrogen (secondary N) is 2. The van der Waals surface area contributed by atoms with E-state index in [2.05, 4.69) is 21.6 Å². The van der Waals surface area contributed by atoms with Gasteiger partial charge in [0.25, 0.3) is 11.8 Å². The molecule has 1 aliphatic rings. The summed E-state index contributed by atoms with van der Waals surface area (Å²) in [5.41, 5.74) is 2.07. The van der Waals surface area contributed by atoms with E-state index in [-0.39, 0.29) is 17.9 Å². The number of likely N-dealkylation sites (tertiary alicyclic amines) is 1. The predicted molar refractivity (Wildman–Crippen MR) is 128 cm³/mol.